The number of nitrogens with zero attached hydrogens (tertiary/aromatic N) is 1. The first-order chi connectivity index (χ1) is 6.81. The highest BCUT2D eigenvalue weighted by molar-refractivity contribution is 6.33. The SMILES string of the molecule is COc1ccc(-c2ccon2)c(Cl)c1. The van der Waals surface area contributed by atoms with Gasteiger partial charge in [-0.25, -0.2) is 0 Å². The highest BCUT2D eigenvalue weighted by Gasteiger charge is 2.06. The van der Waals surface area contributed by atoms with Crippen LogP contribution in [0.3, 0.4) is 0 Å². The Kier molecular flexibility index (Phi) is 2.41. The van der Waals surface area contributed by atoms with Crippen molar-refractivity contribution in [2.75, 3.05) is 7.11 Å². The molecule has 1 aromatic heterocycles. The summed E-state index contributed by atoms with van der Waals surface area (Å²) in [7, 11) is 1.60. The molecule has 0 atom stereocenters. The maximum atomic E-state index is 6.04. The molecule has 0 radical (unpaired) electrons. The molecule has 2 rings (SSSR count). The molecule has 1 heterocycles. The van der Waals surface area contributed by atoms with E-state index in [0.717, 1.165) is 17.0 Å². The van der Waals surface area contributed by atoms with Crippen molar-refractivity contribution in [2.45, 2.75) is 0 Å². The number of ether oxygens (including phenoxy) is 1. The van der Waals surface area contributed by atoms with E-state index in [1.165, 1.54) is 6.26 Å². The minimum absolute atomic E-state index is 0.596. The predicted octanol–water partition coefficient (Wildman–Crippen LogP) is 3.00. The molecule has 0 unspecified atom stereocenters. The Morgan fingerprint density at radius 1 is 1.36 bits per heavy atom. The molecule has 0 aliphatic rings. The van der Waals surface area contributed by atoms with Crippen molar-refractivity contribution in [3.63, 3.8) is 0 Å². The smallest absolute Gasteiger partial charge is 0.124 e. The summed E-state index contributed by atoms with van der Waals surface area (Å²) in [6, 6.07) is 7.17. The summed E-state index contributed by atoms with van der Waals surface area (Å²) in [4.78, 5) is 0. The van der Waals surface area contributed by atoms with Gasteiger partial charge in [-0.3, -0.25) is 0 Å². The molecule has 4 heteroatoms. The fourth-order valence-electron chi connectivity index (χ4n) is 1.18. The van der Waals surface area contributed by atoms with Gasteiger partial charge in [0, 0.05) is 11.6 Å². The van der Waals surface area contributed by atoms with Gasteiger partial charge in [-0.05, 0) is 18.2 Å². The monoisotopic (exact) mass is 209 g/mol. The standard InChI is InChI=1S/C10H8ClNO2/c1-13-7-2-3-8(9(11)6-7)10-4-5-14-12-10/h2-6H,1H3. The molecular weight excluding hydrogens is 202 g/mol. The zero-order valence-corrected chi connectivity index (χ0v) is 8.28. The Bertz CT molecular complexity index is 426. The summed E-state index contributed by atoms with van der Waals surface area (Å²) in [5.41, 5.74) is 1.55. The molecule has 0 amide bonds. The number of rotatable bonds is 2. The van der Waals surface area contributed by atoms with Crippen molar-refractivity contribution in [3.05, 3.63) is 35.6 Å². The van der Waals surface area contributed by atoms with Gasteiger partial charge >= 0.3 is 0 Å². The van der Waals surface area contributed by atoms with Crippen LogP contribution in [-0.2, 0) is 0 Å². The van der Waals surface area contributed by atoms with Gasteiger partial charge in [0.15, 0.2) is 0 Å². The fraction of sp³-hybridized carbons (Fsp3) is 0.100. The molecule has 0 aliphatic heterocycles. The van der Waals surface area contributed by atoms with Crippen molar-refractivity contribution in [1.29, 1.82) is 0 Å². The van der Waals surface area contributed by atoms with E-state index in [9.17, 15) is 0 Å². The maximum Gasteiger partial charge on any atom is 0.124 e. The van der Waals surface area contributed by atoms with Crippen LogP contribution in [-0.4, -0.2) is 12.3 Å². The minimum Gasteiger partial charge on any atom is -0.497 e. The van der Waals surface area contributed by atoms with Crippen molar-refractivity contribution in [1.82, 2.24) is 5.16 Å². The van der Waals surface area contributed by atoms with Crippen LogP contribution in [0.5, 0.6) is 5.75 Å². The van der Waals surface area contributed by atoms with Gasteiger partial charge in [0.2, 0.25) is 0 Å². The van der Waals surface area contributed by atoms with E-state index in [1.807, 2.05) is 12.1 Å². The third-order valence-electron chi connectivity index (χ3n) is 1.89. The molecule has 0 aliphatic carbocycles. The zero-order chi connectivity index (χ0) is 9.97. The lowest BCUT2D eigenvalue weighted by Crippen LogP contribution is -1.84. The molecule has 0 saturated carbocycles. The lowest BCUT2D eigenvalue weighted by molar-refractivity contribution is 0.414. The molecule has 0 bridgehead atoms. The quantitative estimate of drug-likeness (QED) is 0.763. The van der Waals surface area contributed by atoms with Gasteiger partial charge < -0.3 is 9.26 Å². The average Bonchev–Trinajstić information content (AvgIpc) is 2.70. The van der Waals surface area contributed by atoms with Gasteiger partial charge in [-0.2, -0.15) is 0 Å². The Hall–Kier alpha value is -1.48. The Morgan fingerprint density at radius 2 is 2.21 bits per heavy atom. The van der Waals surface area contributed by atoms with Crippen LogP contribution in [0.2, 0.25) is 5.02 Å². The molecule has 1 aromatic carbocycles. The molecule has 0 saturated heterocycles. The van der Waals surface area contributed by atoms with Crippen LogP contribution in [0, 0.1) is 0 Å². The molecule has 0 fully saturated rings. The van der Waals surface area contributed by atoms with E-state index in [2.05, 4.69) is 5.16 Å². The Labute approximate surface area is 86.2 Å². The summed E-state index contributed by atoms with van der Waals surface area (Å²) in [6.07, 6.45) is 1.51. The molecule has 72 valence electrons. The summed E-state index contributed by atoms with van der Waals surface area (Å²) < 4.78 is 9.78. The van der Waals surface area contributed by atoms with E-state index in [0.29, 0.717) is 5.02 Å². The summed E-state index contributed by atoms with van der Waals surface area (Å²) in [6.45, 7) is 0. The molecular formula is C10H8ClNO2. The van der Waals surface area contributed by atoms with E-state index in [-0.39, 0.29) is 0 Å². The Balaban J connectivity index is 2.46. The molecule has 2 aromatic rings. The molecule has 0 spiro atoms. The van der Waals surface area contributed by atoms with E-state index < -0.39 is 0 Å². The number of hydrogen-bond acceptors (Lipinski definition) is 3. The first-order valence-corrected chi connectivity index (χ1v) is 4.43. The second-order valence-electron chi connectivity index (χ2n) is 2.73. The first kappa shape index (κ1) is 9.09. The second kappa shape index (κ2) is 3.72. The van der Waals surface area contributed by atoms with Crippen molar-refractivity contribution in [3.8, 4) is 17.0 Å². The van der Waals surface area contributed by atoms with Crippen LogP contribution in [0.15, 0.2) is 35.1 Å². The highest BCUT2D eigenvalue weighted by Crippen LogP contribution is 2.29. The van der Waals surface area contributed by atoms with Crippen molar-refractivity contribution < 1.29 is 9.26 Å². The van der Waals surface area contributed by atoms with Crippen LogP contribution in [0.4, 0.5) is 0 Å². The normalized spacial score (nSPS) is 10.1. The lowest BCUT2D eigenvalue weighted by Gasteiger charge is -2.03. The van der Waals surface area contributed by atoms with Gasteiger partial charge in [-0.1, -0.05) is 16.8 Å². The second-order valence-corrected chi connectivity index (χ2v) is 3.14. The van der Waals surface area contributed by atoms with Crippen LogP contribution in [0.25, 0.3) is 11.3 Å². The first-order valence-electron chi connectivity index (χ1n) is 4.05. The third-order valence-corrected chi connectivity index (χ3v) is 2.20. The van der Waals surface area contributed by atoms with Crippen LogP contribution < -0.4 is 4.74 Å². The lowest BCUT2D eigenvalue weighted by atomic mass is 10.1. The van der Waals surface area contributed by atoms with Crippen molar-refractivity contribution in [2.24, 2.45) is 0 Å². The number of aromatic nitrogens is 1. The van der Waals surface area contributed by atoms with E-state index >= 15 is 0 Å². The van der Waals surface area contributed by atoms with Gasteiger partial charge in [0.1, 0.15) is 17.7 Å². The minimum atomic E-state index is 0.596. The summed E-state index contributed by atoms with van der Waals surface area (Å²) in [5, 5.41) is 4.40. The van der Waals surface area contributed by atoms with E-state index in [4.69, 9.17) is 20.9 Å². The van der Waals surface area contributed by atoms with Gasteiger partial charge in [0.05, 0.1) is 12.1 Å². The fourth-order valence-corrected chi connectivity index (χ4v) is 1.45. The van der Waals surface area contributed by atoms with E-state index in [1.54, 1.807) is 19.2 Å². The number of methoxy groups -OCH3 is 1. The molecule has 14 heavy (non-hydrogen) atoms. The predicted molar refractivity (Wildman–Crippen MR) is 53.5 cm³/mol. The number of halogens is 1. The third kappa shape index (κ3) is 1.59. The largest absolute Gasteiger partial charge is 0.497 e. The Morgan fingerprint density at radius 3 is 2.79 bits per heavy atom. The van der Waals surface area contributed by atoms with Crippen molar-refractivity contribution >= 4 is 11.6 Å². The van der Waals surface area contributed by atoms with Crippen LogP contribution in [0.1, 0.15) is 0 Å². The topological polar surface area (TPSA) is 35.3 Å². The summed E-state index contributed by atoms with van der Waals surface area (Å²) >= 11 is 6.04. The maximum absolute atomic E-state index is 6.04. The van der Waals surface area contributed by atoms with Gasteiger partial charge in [-0.15, -0.1) is 0 Å². The number of benzene rings is 1. The zero-order valence-electron chi connectivity index (χ0n) is 7.53. The summed E-state index contributed by atoms with van der Waals surface area (Å²) in [5.74, 6) is 0.724. The van der Waals surface area contributed by atoms with Gasteiger partial charge in [0.25, 0.3) is 0 Å². The highest BCUT2D eigenvalue weighted by atomic mass is 35.5. The number of hydrogen-bond donors (Lipinski definition) is 0. The van der Waals surface area contributed by atoms with Crippen LogP contribution >= 0.6 is 11.6 Å². The molecule has 0 N–H and O–H groups in total. The molecule has 3 nitrogen and oxygen atoms in total. The average molecular weight is 210 g/mol.